The largest absolute Gasteiger partial charge is 0.383 e. The minimum atomic E-state index is 0.153. The van der Waals surface area contributed by atoms with E-state index < -0.39 is 0 Å². The molecule has 0 bridgehead atoms. The number of rotatable bonds is 7. The van der Waals surface area contributed by atoms with Crippen LogP contribution in [0.2, 0.25) is 0 Å². The monoisotopic (exact) mass is 271 g/mol. The third-order valence-corrected chi connectivity index (χ3v) is 5.01. The average Bonchev–Trinajstić information content (AvgIpc) is 2.42. The number of piperidine rings is 1. The lowest BCUT2D eigenvalue weighted by Gasteiger charge is -2.52. The van der Waals surface area contributed by atoms with Crippen molar-refractivity contribution in [1.82, 2.24) is 9.80 Å². The van der Waals surface area contributed by atoms with Crippen molar-refractivity contribution in [3.05, 3.63) is 0 Å². The normalized spacial score (nSPS) is 30.8. The number of nitrogens with two attached hydrogens (primary N) is 1. The highest BCUT2D eigenvalue weighted by Gasteiger charge is 2.42. The van der Waals surface area contributed by atoms with Gasteiger partial charge in [0.05, 0.1) is 6.61 Å². The Bertz CT molecular complexity index is 262. The molecule has 0 amide bonds. The summed E-state index contributed by atoms with van der Waals surface area (Å²) in [7, 11) is 4.00. The van der Waals surface area contributed by atoms with Crippen LogP contribution in [-0.2, 0) is 4.74 Å². The van der Waals surface area contributed by atoms with Crippen LogP contribution < -0.4 is 5.73 Å². The van der Waals surface area contributed by atoms with E-state index in [1.807, 2.05) is 0 Å². The van der Waals surface area contributed by atoms with Gasteiger partial charge in [0.15, 0.2) is 0 Å². The van der Waals surface area contributed by atoms with E-state index in [-0.39, 0.29) is 5.54 Å². The first-order chi connectivity index (χ1) is 9.00. The smallest absolute Gasteiger partial charge is 0.0590 e. The predicted octanol–water partition coefficient (Wildman–Crippen LogP) is 1.54. The van der Waals surface area contributed by atoms with Crippen LogP contribution in [0.1, 0.15) is 40.0 Å². The summed E-state index contributed by atoms with van der Waals surface area (Å²) in [5.41, 5.74) is 6.36. The van der Waals surface area contributed by atoms with Gasteiger partial charge in [-0.05, 0) is 46.7 Å². The Morgan fingerprint density at radius 1 is 1.53 bits per heavy atom. The van der Waals surface area contributed by atoms with Crippen LogP contribution in [0.15, 0.2) is 0 Å². The summed E-state index contributed by atoms with van der Waals surface area (Å²) >= 11 is 0. The van der Waals surface area contributed by atoms with Crippen molar-refractivity contribution in [1.29, 1.82) is 0 Å². The number of nitrogens with zero attached hydrogens (tertiary/aromatic N) is 2. The second-order valence-electron chi connectivity index (χ2n) is 6.16. The highest BCUT2D eigenvalue weighted by Crippen LogP contribution is 2.33. The molecule has 0 saturated carbocycles. The van der Waals surface area contributed by atoms with E-state index in [0.29, 0.717) is 12.1 Å². The lowest BCUT2D eigenvalue weighted by Crippen LogP contribution is -2.63. The molecule has 1 aliphatic rings. The van der Waals surface area contributed by atoms with Crippen LogP contribution in [0, 0.1) is 0 Å². The minimum Gasteiger partial charge on any atom is -0.383 e. The third-order valence-electron chi connectivity index (χ3n) is 5.01. The molecule has 0 aromatic heterocycles. The van der Waals surface area contributed by atoms with Crippen LogP contribution >= 0.6 is 0 Å². The van der Waals surface area contributed by atoms with Crippen molar-refractivity contribution in [2.24, 2.45) is 5.73 Å². The molecule has 4 nitrogen and oxygen atoms in total. The average molecular weight is 271 g/mol. The van der Waals surface area contributed by atoms with E-state index in [0.717, 1.165) is 39.1 Å². The molecule has 0 radical (unpaired) electrons. The van der Waals surface area contributed by atoms with E-state index in [4.69, 9.17) is 10.5 Å². The number of ether oxygens (including phenoxy) is 1. The Hall–Kier alpha value is -0.160. The van der Waals surface area contributed by atoms with Crippen LogP contribution in [0.3, 0.4) is 0 Å². The third kappa shape index (κ3) is 3.91. The Morgan fingerprint density at radius 3 is 2.68 bits per heavy atom. The van der Waals surface area contributed by atoms with Gasteiger partial charge in [-0.1, -0.05) is 6.92 Å². The molecule has 1 rings (SSSR count). The maximum absolute atomic E-state index is 6.21. The van der Waals surface area contributed by atoms with Crippen LogP contribution in [0.25, 0.3) is 0 Å². The molecule has 1 saturated heterocycles. The maximum atomic E-state index is 6.21. The summed E-state index contributed by atoms with van der Waals surface area (Å²) in [6, 6.07) is 1.17. The van der Waals surface area contributed by atoms with Gasteiger partial charge < -0.3 is 15.4 Å². The van der Waals surface area contributed by atoms with Crippen LogP contribution in [-0.4, -0.2) is 67.8 Å². The first-order valence-corrected chi connectivity index (χ1v) is 7.66. The van der Waals surface area contributed by atoms with Gasteiger partial charge in [-0.2, -0.15) is 0 Å². The zero-order valence-electron chi connectivity index (χ0n) is 13.5. The molecule has 3 unspecified atom stereocenters. The second kappa shape index (κ2) is 7.58. The molecule has 2 N–H and O–H groups in total. The van der Waals surface area contributed by atoms with E-state index in [1.165, 1.54) is 6.42 Å². The fourth-order valence-electron chi connectivity index (χ4n) is 3.31. The number of hydrogen-bond donors (Lipinski definition) is 1. The van der Waals surface area contributed by atoms with Crippen LogP contribution in [0.5, 0.6) is 0 Å². The van der Waals surface area contributed by atoms with E-state index in [1.54, 1.807) is 7.11 Å². The molecule has 1 aliphatic heterocycles. The van der Waals surface area contributed by atoms with Crippen molar-refractivity contribution in [3.8, 4) is 0 Å². The van der Waals surface area contributed by atoms with Gasteiger partial charge in [0.1, 0.15) is 0 Å². The molecule has 114 valence electrons. The Kier molecular flexibility index (Phi) is 6.74. The summed E-state index contributed by atoms with van der Waals surface area (Å²) in [6.45, 7) is 10.5. The standard InChI is InChI=1S/C15H33N3O/c1-6-13(2)18(9-10-19-5)15(12-16)7-8-17(4)14(3)11-15/h13-14H,6-12,16H2,1-5H3. The quantitative estimate of drug-likeness (QED) is 0.763. The SMILES string of the molecule is CCC(C)N(CCOC)C1(CN)CCN(C)C(C)C1. The van der Waals surface area contributed by atoms with Gasteiger partial charge in [0.2, 0.25) is 0 Å². The maximum Gasteiger partial charge on any atom is 0.0590 e. The summed E-state index contributed by atoms with van der Waals surface area (Å²) in [5, 5.41) is 0. The highest BCUT2D eigenvalue weighted by molar-refractivity contribution is 5.00. The molecular formula is C15H33N3O. The van der Waals surface area contributed by atoms with Crippen molar-refractivity contribution < 1.29 is 4.74 Å². The molecule has 0 spiro atoms. The van der Waals surface area contributed by atoms with Gasteiger partial charge in [-0.15, -0.1) is 0 Å². The lowest BCUT2D eigenvalue weighted by atomic mass is 9.81. The molecule has 0 aliphatic carbocycles. The molecule has 1 heterocycles. The predicted molar refractivity (Wildman–Crippen MR) is 81.4 cm³/mol. The lowest BCUT2D eigenvalue weighted by molar-refractivity contribution is -0.0255. The fraction of sp³-hybridized carbons (Fsp3) is 1.00. The van der Waals surface area contributed by atoms with Gasteiger partial charge in [0.25, 0.3) is 0 Å². The van der Waals surface area contributed by atoms with Crippen molar-refractivity contribution in [2.45, 2.75) is 57.7 Å². The molecule has 0 aromatic carbocycles. The van der Waals surface area contributed by atoms with Crippen molar-refractivity contribution in [3.63, 3.8) is 0 Å². The molecule has 1 fully saturated rings. The summed E-state index contributed by atoms with van der Waals surface area (Å²) < 4.78 is 5.30. The fourth-order valence-corrected chi connectivity index (χ4v) is 3.31. The molecule has 19 heavy (non-hydrogen) atoms. The summed E-state index contributed by atoms with van der Waals surface area (Å²) in [5.74, 6) is 0. The van der Waals surface area contributed by atoms with E-state index >= 15 is 0 Å². The zero-order valence-corrected chi connectivity index (χ0v) is 13.5. The molecule has 4 heteroatoms. The first kappa shape index (κ1) is 16.9. The number of likely N-dealkylation sites (tertiary alicyclic amines) is 1. The van der Waals surface area contributed by atoms with Crippen LogP contribution in [0.4, 0.5) is 0 Å². The van der Waals surface area contributed by atoms with Crippen molar-refractivity contribution >= 4 is 0 Å². The van der Waals surface area contributed by atoms with Gasteiger partial charge in [-0.3, -0.25) is 4.90 Å². The molecular weight excluding hydrogens is 238 g/mol. The topological polar surface area (TPSA) is 41.7 Å². The Morgan fingerprint density at radius 2 is 2.21 bits per heavy atom. The minimum absolute atomic E-state index is 0.153. The summed E-state index contributed by atoms with van der Waals surface area (Å²) in [6.07, 6.45) is 3.49. The van der Waals surface area contributed by atoms with E-state index in [2.05, 4.69) is 37.6 Å². The second-order valence-corrected chi connectivity index (χ2v) is 6.16. The number of methoxy groups -OCH3 is 1. The Labute approximate surface area is 119 Å². The van der Waals surface area contributed by atoms with Gasteiger partial charge in [-0.25, -0.2) is 0 Å². The molecule has 3 atom stereocenters. The zero-order chi connectivity index (χ0) is 14.5. The number of hydrogen-bond acceptors (Lipinski definition) is 4. The first-order valence-electron chi connectivity index (χ1n) is 7.66. The van der Waals surface area contributed by atoms with Crippen molar-refractivity contribution in [2.75, 3.05) is 40.4 Å². The molecule has 0 aromatic rings. The van der Waals surface area contributed by atoms with Gasteiger partial charge >= 0.3 is 0 Å². The van der Waals surface area contributed by atoms with Gasteiger partial charge in [0, 0.05) is 37.8 Å². The van der Waals surface area contributed by atoms with E-state index in [9.17, 15) is 0 Å². The Balaban J connectivity index is 2.87. The summed E-state index contributed by atoms with van der Waals surface area (Å²) in [4.78, 5) is 5.05. The highest BCUT2D eigenvalue weighted by atomic mass is 16.5.